The average molecular weight is 625 g/mol. The summed E-state index contributed by atoms with van der Waals surface area (Å²) in [5, 5.41) is 14.7. The number of nitrogens with one attached hydrogen (secondary N) is 2. The molecule has 0 aliphatic carbocycles. The third-order valence-corrected chi connectivity index (χ3v) is 7.41. The van der Waals surface area contributed by atoms with Gasteiger partial charge >= 0.3 is 5.97 Å². The second-order valence-electron chi connectivity index (χ2n) is 13.7. The van der Waals surface area contributed by atoms with Gasteiger partial charge in [0.05, 0.1) is 20.0 Å². The van der Waals surface area contributed by atoms with Crippen LogP contribution in [0.3, 0.4) is 0 Å². The Morgan fingerprint density at radius 1 is 0.867 bits per heavy atom. The highest BCUT2D eigenvalue weighted by molar-refractivity contribution is 5.96. The molecule has 246 valence electrons. The maximum Gasteiger partial charge on any atom is 0.305 e. The second kappa shape index (κ2) is 15.2. The predicted molar refractivity (Wildman–Crippen MR) is 172 cm³/mol. The standard InChI is InChI=1S/C35H48N2O8/c1-20(2)32(37-30(40)14-23-13-22(21(3)38)11-12-29(23)44-10)33(43)36-27(18-31(41)42)28(39)19-45-26-16-24(34(4,5)6)15-25(17-26)35(7,8)9/h11-13,15-17,20,27,32H,14,18-19H2,1-10H3,(H,36,43)(H,37,40)(H,41,42)/t27?,32-/m0/s1. The molecule has 0 aliphatic rings. The van der Waals surface area contributed by atoms with Gasteiger partial charge in [0.25, 0.3) is 0 Å². The number of ketones is 2. The van der Waals surface area contributed by atoms with Crippen LogP contribution in [-0.2, 0) is 36.4 Å². The fourth-order valence-corrected chi connectivity index (χ4v) is 4.55. The molecular weight excluding hydrogens is 576 g/mol. The molecule has 2 amide bonds. The van der Waals surface area contributed by atoms with Crippen LogP contribution < -0.4 is 20.1 Å². The van der Waals surface area contributed by atoms with E-state index in [-0.39, 0.29) is 23.0 Å². The first-order valence-corrected chi connectivity index (χ1v) is 15.0. The molecule has 2 aromatic rings. The lowest BCUT2D eigenvalue weighted by atomic mass is 9.80. The van der Waals surface area contributed by atoms with Crippen LogP contribution in [-0.4, -0.2) is 60.3 Å². The van der Waals surface area contributed by atoms with Crippen molar-refractivity contribution in [2.75, 3.05) is 13.7 Å². The quantitative estimate of drug-likeness (QED) is 0.254. The van der Waals surface area contributed by atoms with Crippen LogP contribution in [0, 0.1) is 5.92 Å². The smallest absolute Gasteiger partial charge is 0.305 e. The Hall–Kier alpha value is -4.21. The Morgan fingerprint density at radius 2 is 1.44 bits per heavy atom. The number of rotatable bonds is 14. The van der Waals surface area contributed by atoms with E-state index in [2.05, 4.69) is 58.2 Å². The van der Waals surface area contributed by atoms with Crippen molar-refractivity contribution in [1.82, 2.24) is 10.6 Å². The second-order valence-corrected chi connectivity index (χ2v) is 13.7. The number of aliphatic carboxylic acids is 1. The summed E-state index contributed by atoms with van der Waals surface area (Å²) >= 11 is 0. The third kappa shape index (κ3) is 11.0. The zero-order chi connectivity index (χ0) is 34.3. The van der Waals surface area contributed by atoms with Gasteiger partial charge in [-0.2, -0.15) is 0 Å². The summed E-state index contributed by atoms with van der Waals surface area (Å²) < 4.78 is 11.2. The van der Waals surface area contributed by atoms with Gasteiger partial charge < -0.3 is 25.2 Å². The van der Waals surface area contributed by atoms with Gasteiger partial charge in [0.15, 0.2) is 11.6 Å². The normalized spacial score (nSPS) is 13.0. The van der Waals surface area contributed by atoms with Crippen LogP contribution in [0.5, 0.6) is 11.5 Å². The molecule has 2 rings (SSSR count). The number of hydrogen-bond acceptors (Lipinski definition) is 7. The Morgan fingerprint density at radius 3 is 1.91 bits per heavy atom. The van der Waals surface area contributed by atoms with E-state index in [9.17, 15) is 29.1 Å². The van der Waals surface area contributed by atoms with E-state index in [1.165, 1.54) is 14.0 Å². The number of benzene rings is 2. The summed E-state index contributed by atoms with van der Waals surface area (Å²) in [6.07, 6.45) is -0.826. The highest BCUT2D eigenvalue weighted by Crippen LogP contribution is 2.33. The maximum atomic E-state index is 13.3. The third-order valence-electron chi connectivity index (χ3n) is 7.41. The molecule has 2 aromatic carbocycles. The minimum atomic E-state index is -1.38. The molecule has 0 aliphatic heterocycles. The van der Waals surface area contributed by atoms with Crippen molar-refractivity contribution in [1.29, 1.82) is 0 Å². The zero-order valence-electron chi connectivity index (χ0n) is 28.1. The molecule has 10 nitrogen and oxygen atoms in total. The van der Waals surface area contributed by atoms with E-state index < -0.39 is 54.6 Å². The monoisotopic (exact) mass is 624 g/mol. The van der Waals surface area contributed by atoms with Crippen LogP contribution in [0.1, 0.15) is 95.8 Å². The molecule has 3 N–H and O–H groups in total. The van der Waals surface area contributed by atoms with E-state index in [0.717, 1.165) is 11.1 Å². The van der Waals surface area contributed by atoms with Crippen molar-refractivity contribution in [2.45, 2.75) is 98.1 Å². The van der Waals surface area contributed by atoms with E-state index in [4.69, 9.17) is 9.47 Å². The highest BCUT2D eigenvalue weighted by atomic mass is 16.5. The van der Waals surface area contributed by atoms with Crippen molar-refractivity contribution < 1.29 is 38.6 Å². The van der Waals surface area contributed by atoms with Crippen LogP contribution in [0.4, 0.5) is 0 Å². The van der Waals surface area contributed by atoms with Crippen LogP contribution >= 0.6 is 0 Å². The molecule has 0 spiro atoms. The minimum Gasteiger partial charge on any atom is -0.496 e. The summed E-state index contributed by atoms with van der Waals surface area (Å²) in [6.45, 7) is 16.8. The van der Waals surface area contributed by atoms with Gasteiger partial charge in [-0.05, 0) is 65.1 Å². The number of amides is 2. The minimum absolute atomic E-state index is 0.170. The van der Waals surface area contributed by atoms with Crippen molar-refractivity contribution in [3.63, 3.8) is 0 Å². The van der Waals surface area contributed by atoms with Crippen LogP contribution in [0.25, 0.3) is 0 Å². The Balaban J connectivity index is 2.22. The number of methoxy groups -OCH3 is 1. The average Bonchev–Trinajstić information content (AvgIpc) is 2.92. The fraction of sp³-hybridized carbons (Fsp3) is 0.514. The lowest BCUT2D eigenvalue weighted by Gasteiger charge is -2.26. The summed E-state index contributed by atoms with van der Waals surface area (Å²) in [7, 11) is 1.45. The molecule has 0 heterocycles. The fourth-order valence-electron chi connectivity index (χ4n) is 4.55. The molecule has 2 atom stereocenters. The molecule has 0 radical (unpaired) electrons. The summed E-state index contributed by atoms with van der Waals surface area (Å²) in [5.41, 5.74) is 2.56. The van der Waals surface area contributed by atoms with Gasteiger partial charge in [-0.3, -0.25) is 24.0 Å². The van der Waals surface area contributed by atoms with Crippen LogP contribution in [0.2, 0.25) is 0 Å². The zero-order valence-corrected chi connectivity index (χ0v) is 28.1. The Labute approximate surface area is 266 Å². The number of carboxylic acid groups (broad SMARTS) is 1. The van der Waals surface area contributed by atoms with E-state index >= 15 is 0 Å². The first-order chi connectivity index (χ1) is 20.7. The van der Waals surface area contributed by atoms with E-state index in [0.29, 0.717) is 22.6 Å². The van der Waals surface area contributed by atoms with E-state index in [1.54, 1.807) is 32.0 Å². The first kappa shape index (κ1) is 37.0. The van der Waals surface area contributed by atoms with Gasteiger partial charge in [0.1, 0.15) is 30.2 Å². The molecule has 0 bridgehead atoms. The van der Waals surface area contributed by atoms with Gasteiger partial charge in [0, 0.05) is 11.1 Å². The molecule has 45 heavy (non-hydrogen) atoms. The highest BCUT2D eigenvalue weighted by Gasteiger charge is 2.31. The summed E-state index contributed by atoms with van der Waals surface area (Å²) in [6, 6.07) is 8.14. The number of carbonyl (C=O) groups is 5. The van der Waals surface area contributed by atoms with Gasteiger partial charge in [-0.25, -0.2) is 0 Å². The number of carbonyl (C=O) groups excluding carboxylic acids is 4. The largest absolute Gasteiger partial charge is 0.496 e. The van der Waals surface area contributed by atoms with E-state index in [1.807, 2.05) is 12.1 Å². The summed E-state index contributed by atoms with van der Waals surface area (Å²) in [4.78, 5) is 63.1. The lowest BCUT2D eigenvalue weighted by molar-refractivity contribution is -0.141. The number of Topliss-reactive ketones (excluding diaryl/α,β-unsaturated/α-hetero) is 2. The molecular formula is C35H48N2O8. The molecule has 0 fully saturated rings. The van der Waals surface area contributed by atoms with Gasteiger partial charge in [-0.15, -0.1) is 0 Å². The SMILES string of the molecule is COc1ccc(C(C)=O)cc1CC(=O)N[C@H](C(=O)NC(CC(=O)O)C(=O)COc1cc(C(C)(C)C)cc(C(C)(C)C)c1)C(C)C. The maximum absolute atomic E-state index is 13.3. The van der Waals surface area contributed by atoms with Crippen molar-refractivity contribution in [3.8, 4) is 11.5 Å². The van der Waals surface area contributed by atoms with Gasteiger partial charge in [0.2, 0.25) is 11.8 Å². The Bertz CT molecular complexity index is 1380. The number of carboxylic acids is 1. The first-order valence-electron chi connectivity index (χ1n) is 15.0. The lowest BCUT2D eigenvalue weighted by Crippen LogP contribution is -2.54. The topological polar surface area (TPSA) is 148 Å². The molecule has 0 saturated carbocycles. The predicted octanol–water partition coefficient (Wildman–Crippen LogP) is 4.78. The number of hydrogen-bond donors (Lipinski definition) is 3. The van der Waals surface area contributed by atoms with Crippen molar-refractivity contribution in [3.05, 3.63) is 58.7 Å². The summed E-state index contributed by atoms with van der Waals surface area (Å²) in [5.74, 6) is -2.80. The molecule has 10 heteroatoms. The number of ether oxygens (including phenoxy) is 2. The van der Waals surface area contributed by atoms with Crippen LogP contribution in [0.15, 0.2) is 36.4 Å². The van der Waals surface area contributed by atoms with Crippen molar-refractivity contribution in [2.24, 2.45) is 5.92 Å². The Kier molecular flexibility index (Phi) is 12.5. The molecule has 0 aromatic heterocycles. The molecule has 1 unspecified atom stereocenters. The molecule has 0 saturated heterocycles. The van der Waals surface area contributed by atoms with Crippen molar-refractivity contribution >= 4 is 29.4 Å². The van der Waals surface area contributed by atoms with Gasteiger partial charge in [-0.1, -0.05) is 61.5 Å².